The fraction of sp³-hybridized carbons (Fsp3) is 0.417. The number of pyridine rings is 1. The van der Waals surface area contributed by atoms with Crippen molar-refractivity contribution in [2.75, 3.05) is 6.61 Å². The summed E-state index contributed by atoms with van der Waals surface area (Å²) in [6, 6.07) is 5.42. The van der Waals surface area contributed by atoms with Crippen molar-refractivity contribution in [2.24, 2.45) is 0 Å². The van der Waals surface area contributed by atoms with Gasteiger partial charge >= 0.3 is 11.9 Å². The van der Waals surface area contributed by atoms with Crippen LogP contribution in [0, 0.1) is 0 Å². The Morgan fingerprint density at radius 2 is 2.18 bits per heavy atom. The van der Waals surface area contributed by atoms with Crippen molar-refractivity contribution in [3.8, 4) is 0 Å². The number of rotatable bonds is 6. The van der Waals surface area contributed by atoms with Crippen molar-refractivity contribution in [1.82, 2.24) is 0 Å². The highest BCUT2D eigenvalue weighted by Crippen LogP contribution is 1.97. The summed E-state index contributed by atoms with van der Waals surface area (Å²) in [7, 11) is 0. The summed E-state index contributed by atoms with van der Waals surface area (Å²) in [6.07, 6.45) is 2.19. The maximum Gasteiger partial charge on any atom is 0.372 e. The minimum Gasteiger partial charge on any atom is -0.481 e. The number of hydrogen-bond donors (Lipinski definition) is 1. The average molecular weight is 238 g/mol. The third kappa shape index (κ3) is 4.63. The Hall–Kier alpha value is -1.91. The number of esters is 1. The topological polar surface area (TPSA) is 67.5 Å². The van der Waals surface area contributed by atoms with E-state index in [1.54, 1.807) is 23.8 Å². The lowest BCUT2D eigenvalue weighted by atomic mass is 10.2. The first-order valence-electron chi connectivity index (χ1n) is 5.48. The second-order valence-corrected chi connectivity index (χ2v) is 3.52. The number of ether oxygens (including phenoxy) is 1. The van der Waals surface area contributed by atoms with Gasteiger partial charge in [-0.05, 0) is 6.92 Å². The van der Waals surface area contributed by atoms with Crippen LogP contribution >= 0.6 is 0 Å². The minimum absolute atomic E-state index is 0.0485. The third-order valence-electron chi connectivity index (χ3n) is 2.23. The highest BCUT2D eigenvalue weighted by molar-refractivity contribution is 5.67. The molecule has 0 radical (unpaired) electrons. The van der Waals surface area contributed by atoms with Crippen LogP contribution in [0.4, 0.5) is 0 Å². The maximum absolute atomic E-state index is 11.3. The predicted molar refractivity (Wildman–Crippen MR) is 59.2 cm³/mol. The van der Waals surface area contributed by atoms with Crippen molar-refractivity contribution in [1.29, 1.82) is 0 Å². The molecule has 0 spiro atoms. The van der Waals surface area contributed by atoms with Gasteiger partial charge in [0.1, 0.15) is 0 Å². The summed E-state index contributed by atoms with van der Waals surface area (Å²) in [6.45, 7) is 2.21. The lowest BCUT2D eigenvalue weighted by Gasteiger charge is -2.02. The fourth-order valence-corrected chi connectivity index (χ4v) is 1.47. The number of aromatic nitrogens is 1. The zero-order valence-electron chi connectivity index (χ0n) is 9.76. The number of hydrogen-bond acceptors (Lipinski definition) is 3. The number of carboxylic acid groups (broad SMARTS) is 1. The van der Waals surface area contributed by atoms with Gasteiger partial charge in [0.2, 0.25) is 6.54 Å². The zero-order valence-corrected chi connectivity index (χ0v) is 9.76. The van der Waals surface area contributed by atoms with E-state index in [0.29, 0.717) is 13.0 Å². The summed E-state index contributed by atoms with van der Waals surface area (Å²) >= 11 is 0. The van der Waals surface area contributed by atoms with Crippen LogP contribution in [0.25, 0.3) is 0 Å². The Labute approximate surface area is 99.6 Å². The Kier molecular flexibility index (Phi) is 5.13. The van der Waals surface area contributed by atoms with Gasteiger partial charge in [-0.3, -0.25) is 4.79 Å². The molecule has 0 saturated heterocycles. The average Bonchev–Trinajstić information content (AvgIpc) is 2.28. The molecule has 1 N–H and O–H groups in total. The molecular weight excluding hydrogens is 222 g/mol. The van der Waals surface area contributed by atoms with E-state index >= 15 is 0 Å². The first-order valence-corrected chi connectivity index (χ1v) is 5.48. The van der Waals surface area contributed by atoms with Crippen LogP contribution in [-0.2, 0) is 27.3 Å². The maximum atomic E-state index is 11.3. The van der Waals surface area contributed by atoms with Gasteiger partial charge in [0.15, 0.2) is 11.9 Å². The highest BCUT2D eigenvalue weighted by Gasteiger charge is 2.15. The van der Waals surface area contributed by atoms with E-state index in [-0.39, 0.29) is 18.9 Å². The molecule has 0 aromatic carbocycles. The third-order valence-corrected chi connectivity index (χ3v) is 2.23. The van der Waals surface area contributed by atoms with Crippen molar-refractivity contribution in [2.45, 2.75) is 26.3 Å². The van der Waals surface area contributed by atoms with Crippen molar-refractivity contribution in [3.63, 3.8) is 0 Å². The fourth-order valence-electron chi connectivity index (χ4n) is 1.47. The van der Waals surface area contributed by atoms with Crippen LogP contribution in [0.2, 0.25) is 0 Å². The van der Waals surface area contributed by atoms with Gasteiger partial charge < -0.3 is 9.84 Å². The van der Waals surface area contributed by atoms with E-state index in [2.05, 4.69) is 0 Å². The van der Waals surface area contributed by atoms with E-state index in [1.807, 2.05) is 12.1 Å². The molecule has 0 saturated carbocycles. The quantitative estimate of drug-likeness (QED) is 0.580. The molecule has 0 aliphatic rings. The predicted octanol–water partition coefficient (Wildman–Crippen LogP) is 0.554. The molecule has 0 amide bonds. The lowest BCUT2D eigenvalue weighted by Crippen LogP contribution is -2.42. The van der Waals surface area contributed by atoms with Crippen LogP contribution in [0.1, 0.15) is 19.0 Å². The molecule has 1 heterocycles. The molecule has 0 aliphatic carbocycles. The molecule has 0 bridgehead atoms. The largest absolute Gasteiger partial charge is 0.481 e. The second-order valence-electron chi connectivity index (χ2n) is 3.52. The molecule has 1 rings (SSSR count). The van der Waals surface area contributed by atoms with E-state index in [1.165, 1.54) is 0 Å². The highest BCUT2D eigenvalue weighted by atomic mass is 16.5. The Bertz CT molecular complexity index is 403. The first-order chi connectivity index (χ1) is 8.13. The van der Waals surface area contributed by atoms with E-state index < -0.39 is 5.97 Å². The summed E-state index contributed by atoms with van der Waals surface area (Å²) in [5, 5.41) is 8.63. The van der Waals surface area contributed by atoms with Gasteiger partial charge in [-0.15, -0.1) is 0 Å². The number of aryl methyl sites for hydroxylation is 1. The molecule has 1 aromatic rings. The standard InChI is InChI=1S/C12H15NO4/c1-2-17-12(16)9-13-8-4-3-5-10(13)6-7-11(14)15/h3-5,8H,2,6-7,9H2,1H3/p+1. The molecule has 0 aliphatic heterocycles. The van der Waals surface area contributed by atoms with Gasteiger partial charge in [0.25, 0.3) is 0 Å². The molecule has 92 valence electrons. The summed E-state index contributed by atoms with van der Waals surface area (Å²) in [4.78, 5) is 21.9. The molecule has 17 heavy (non-hydrogen) atoms. The normalized spacial score (nSPS) is 9.94. The van der Waals surface area contributed by atoms with Gasteiger partial charge in [0, 0.05) is 18.6 Å². The number of carbonyl (C=O) groups is 2. The number of carbonyl (C=O) groups excluding carboxylic acids is 1. The van der Waals surface area contributed by atoms with Crippen molar-refractivity contribution in [3.05, 3.63) is 30.1 Å². The Morgan fingerprint density at radius 1 is 1.41 bits per heavy atom. The molecule has 5 heteroatoms. The van der Waals surface area contributed by atoms with Crippen molar-refractivity contribution >= 4 is 11.9 Å². The Morgan fingerprint density at radius 3 is 2.82 bits per heavy atom. The van der Waals surface area contributed by atoms with E-state index in [4.69, 9.17) is 9.84 Å². The molecule has 0 atom stereocenters. The first kappa shape index (κ1) is 13.2. The van der Waals surface area contributed by atoms with E-state index in [9.17, 15) is 9.59 Å². The van der Waals surface area contributed by atoms with E-state index in [0.717, 1.165) is 5.69 Å². The Balaban J connectivity index is 2.70. The monoisotopic (exact) mass is 238 g/mol. The summed E-state index contributed by atoms with van der Waals surface area (Å²) in [5.41, 5.74) is 0.808. The number of nitrogens with zero attached hydrogens (tertiary/aromatic N) is 1. The second kappa shape index (κ2) is 6.62. The minimum atomic E-state index is -0.850. The molecule has 0 unspecified atom stereocenters. The number of aliphatic carboxylic acids is 1. The zero-order chi connectivity index (χ0) is 12.7. The van der Waals surface area contributed by atoms with Gasteiger partial charge in [-0.1, -0.05) is 6.07 Å². The summed E-state index contributed by atoms with van der Waals surface area (Å²) in [5.74, 6) is -1.17. The van der Waals surface area contributed by atoms with Crippen LogP contribution in [-0.4, -0.2) is 23.7 Å². The van der Waals surface area contributed by atoms with Crippen molar-refractivity contribution < 1.29 is 24.0 Å². The number of carboxylic acids is 1. The SMILES string of the molecule is CCOC(=O)C[n+]1ccccc1CCC(=O)O. The van der Waals surface area contributed by atoms with Crippen LogP contribution in [0.3, 0.4) is 0 Å². The smallest absolute Gasteiger partial charge is 0.372 e. The van der Waals surface area contributed by atoms with Crippen LogP contribution < -0.4 is 4.57 Å². The molecular formula is C12H16NO4+. The van der Waals surface area contributed by atoms with Gasteiger partial charge in [-0.2, -0.15) is 4.57 Å². The van der Waals surface area contributed by atoms with Gasteiger partial charge in [-0.25, -0.2) is 4.79 Å². The molecule has 5 nitrogen and oxygen atoms in total. The van der Waals surface area contributed by atoms with Crippen LogP contribution in [0.15, 0.2) is 24.4 Å². The molecule has 0 fully saturated rings. The van der Waals surface area contributed by atoms with Crippen LogP contribution in [0.5, 0.6) is 0 Å². The summed E-state index contributed by atoms with van der Waals surface area (Å²) < 4.78 is 6.56. The van der Waals surface area contributed by atoms with Gasteiger partial charge in [0.05, 0.1) is 13.0 Å². The lowest BCUT2D eigenvalue weighted by molar-refractivity contribution is -0.693. The molecule has 1 aromatic heterocycles.